The molecular weight excluding hydrogens is 216 g/mol. The summed E-state index contributed by atoms with van der Waals surface area (Å²) < 4.78 is 0. The zero-order chi connectivity index (χ0) is 12.3. The number of carbonyl (C=O) groups is 1. The van der Waals surface area contributed by atoms with Crippen LogP contribution in [0.2, 0.25) is 0 Å². The number of aliphatic carboxylic acids is 1. The van der Waals surface area contributed by atoms with Crippen molar-refractivity contribution in [3.05, 3.63) is 0 Å². The summed E-state index contributed by atoms with van der Waals surface area (Å²) >= 11 is 0. The molecule has 17 heavy (non-hydrogen) atoms. The summed E-state index contributed by atoms with van der Waals surface area (Å²) in [5, 5.41) is 21.6. The number of rotatable bonds is 3. The van der Waals surface area contributed by atoms with Crippen molar-refractivity contribution in [1.29, 1.82) is 5.26 Å². The average molecular weight is 236 g/mol. The Morgan fingerprint density at radius 2 is 2.00 bits per heavy atom. The van der Waals surface area contributed by atoms with Crippen LogP contribution in [-0.4, -0.2) is 23.2 Å². The molecule has 0 amide bonds. The summed E-state index contributed by atoms with van der Waals surface area (Å²) in [6.07, 6.45) is 6.74. The van der Waals surface area contributed by atoms with E-state index in [4.69, 9.17) is 10.4 Å². The summed E-state index contributed by atoms with van der Waals surface area (Å²) in [5.74, 6) is -0.733. The molecule has 0 spiro atoms. The Hall–Kier alpha value is -1.08. The van der Waals surface area contributed by atoms with Gasteiger partial charge in [-0.3, -0.25) is 4.79 Å². The second-order valence-corrected chi connectivity index (χ2v) is 5.34. The molecule has 2 aliphatic rings. The number of hydrogen-bond acceptors (Lipinski definition) is 3. The Morgan fingerprint density at radius 1 is 1.24 bits per heavy atom. The second-order valence-electron chi connectivity index (χ2n) is 5.34. The van der Waals surface area contributed by atoms with E-state index in [2.05, 4.69) is 11.4 Å². The molecule has 0 heterocycles. The van der Waals surface area contributed by atoms with Crippen molar-refractivity contribution >= 4 is 5.97 Å². The van der Waals surface area contributed by atoms with Crippen molar-refractivity contribution in [2.24, 2.45) is 11.8 Å². The number of carboxylic acids is 1. The Kier molecular flexibility index (Phi) is 4.01. The lowest BCUT2D eigenvalue weighted by molar-refractivity contribution is -0.143. The number of nitrogens with zero attached hydrogens (tertiary/aromatic N) is 1. The highest BCUT2D eigenvalue weighted by Gasteiger charge is 2.32. The van der Waals surface area contributed by atoms with Crippen LogP contribution in [0.5, 0.6) is 0 Å². The first-order chi connectivity index (χ1) is 8.20. The molecular formula is C13H20N2O2. The predicted molar refractivity (Wildman–Crippen MR) is 63.3 cm³/mol. The maximum Gasteiger partial charge on any atom is 0.306 e. The Labute approximate surface area is 102 Å². The van der Waals surface area contributed by atoms with E-state index in [1.807, 2.05) is 0 Å². The first-order valence-corrected chi connectivity index (χ1v) is 6.59. The quantitative estimate of drug-likeness (QED) is 0.785. The van der Waals surface area contributed by atoms with Crippen LogP contribution >= 0.6 is 0 Å². The van der Waals surface area contributed by atoms with Gasteiger partial charge in [0.15, 0.2) is 0 Å². The molecule has 4 nitrogen and oxygen atoms in total. The van der Waals surface area contributed by atoms with Crippen molar-refractivity contribution in [3.8, 4) is 6.07 Å². The maximum absolute atomic E-state index is 11.0. The van der Waals surface area contributed by atoms with Crippen molar-refractivity contribution in [1.82, 2.24) is 5.32 Å². The summed E-state index contributed by atoms with van der Waals surface area (Å²) in [5.41, 5.74) is 0. The standard InChI is InChI=1S/C13H20N2O2/c14-8-10-4-2-6-12(10)15-11-5-1-3-9(7-11)13(16)17/h9-12,15H,1-7H2,(H,16,17). The molecule has 4 unspecified atom stereocenters. The highest BCUT2D eigenvalue weighted by Crippen LogP contribution is 2.29. The molecule has 2 saturated carbocycles. The molecule has 2 aliphatic carbocycles. The fraction of sp³-hybridized carbons (Fsp3) is 0.846. The smallest absolute Gasteiger partial charge is 0.306 e. The van der Waals surface area contributed by atoms with Gasteiger partial charge in [0, 0.05) is 12.1 Å². The van der Waals surface area contributed by atoms with Crippen molar-refractivity contribution in [3.63, 3.8) is 0 Å². The van der Waals surface area contributed by atoms with Gasteiger partial charge in [-0.05, 0) is 32.1 Å². The van der Waals surface area contributed by atoms with Crippen LogP contribution in [0.15, 0.2) is 0 Å². The highest BCUT2D eigenvalue weighted by atomic mass is 16.4. The van der Waals surface area contributed by atoms with Gasteiger partial charge < -0.3 is 10.4 Å². The first kappa shape index (κ1) is 12.4. The SMILES string of the molecule is N#CC1CCCC1NC1CCCC(C(=O)O)C1. The van der Waals surface area contributed by atoms with Crippen LogP contribution in [0.25, 0.3) is 0 Å². The Balaban J connectivity index is 1.86. The molecule has 0 aromatic heterocycles. The van der Waals surface area contributed by atoms with Crippen LogP contribution < -0.4 is 5.32 Å². The van der Waals surface area contributed by atoms with Gasteiger partial charge in [-0.25, -0.2) is 0 Å². The Bertz CT molecular complexity index is 324. The zero-order valence-corrected chi connectivity index (χ0v) is 10.1. The molecule has 0 saturated heterocycles. The van der Waals surface area contributed by atoms with E-state index in [9.17, 15) is 4.79 Å². The van der Waals surface area contributed by atoms with E-state index in [0.29, 0.717) is 6.04 Å². The average Bonchev–Trinajstić information content (AvgIpc) is 2.76. The van der Waals surface area contributed by atoms with E-state index >= 15 is 0 Å². The lowest BCUT2D eigenvalue weighted by Crippen LogP contribution is -2.43. The monoisotopic (exact) mass is 236 g/mol. The second kappa shape index (κ2) is 5.50. The van der Waals surface area contributed by atoms with E-state index in [1.54, 1.807) is 0 Å². The van der Waals surface area contributed by atoms with Gasteiger partial charge in [0.05, 0.1) is 17.9 Å². The van der Waals surface area contributed by atoms with Crippen molar-refractivity contribution in [2.45, 2.75) is 57.0 Å². The molecule has 4 atom stereocenters. The van der Waals surface area contributed by atoms with Crippen LogP contribution in [-0.2, 0) is 4.79 Å². The summed E-state index contributed by atoms with van der Waals surface area (Å²) in [7, 11) is 0. The third kappa shape index (κ3) is 2.98. The molecule has 2 fully saturated rings. The summed E-state index contributed by atoms with van der Waals surface area (Å²) in [4.78, 5) is 11.0. The van der Waals surface area contributed by atoms with Crippen LogP contribution in [0.3, 0.4) is 0 Å². The van der Waals surface area contributed by atoms with Gasteiger partial charge in [0.2, 0.25) is 0 Å². The molecule has 4 heteroatoms. The Morgan fingerprint density at radius 3 is 2.71 bits per heavy atom. The van der Waals surface area contributed by atoms with Crippen LogP contribution in [0.4, 0.5) is 0 Å². The third-order valence-corrected chi connectivity index (χ3v) is 4.16. The van der Waals surface area contributed by atoms with Gasteiger partial charge in [-0.1, -0.05) is 12.8 Å². The fourth-order valence-electron chi connectivity index (χ4n) is 3.18. The summed E-state index contributed by atoms with van der Waals surface area (Å²) in [6.45, 7) is 0. The fourth-order valence-corrected chi connectivity index (χ4v) is 3.18. The minimum absolute atomic E-state index is 0.125. The number of hydrogen-bond donors (Lipinski definition) is 2. The topological polar surface area (TPSA) is 73.1 Å². The maximum atomic E-state index is 11.0. The minimum Gasteiger partial charge on any atom is -0.481 e. The summed E-state index contributed by atoms with van der Waals surface area (Å²) in [6, 6.07) is 2.94. The predicted octanol–water partition coefficient (Wildman–Crippen LogP) is 1.91. The van der Waals surface area contributed by atoms with Crippen molar-refractivity contribution in [2.75, 3.05) is 0 Å². The lowest BCUT2D eigenvalue weighted by atomic mass is 9.85. The van der Waals surface area contributed by atoms with Gasteiger partial charge in [0.25, 0.3) is 0 Å². The number of nitriles is 1. The van der Waals surface area contributed by atoms with Crippen molar-refractivity contribution < 1.29 is 9.90 Å². The van der Waals surface area contributed by atoms with Gasteiger partial charge in [-0.2, -0.15) is 5.26 Å². The molecule has 2 rings (SSSR count). The first-order valence-electron chi connectivity index (χ1n) is 6.59. The molecule has 0 aliphatic heterocycles. The van der Waals surface area contributed by atoms with Gasteiger partial charge in [0.1, 0.15) is 0 Å². The molecule has 0 bridgehead atoms. The zero-order valence-electron chi connectivity index (χ0n) is 10.1. The molecule has 0 aromatic carbocycles. The minimum atomic E-state index is -0.667. The van der Waals surface area contributed by atoms with Gasteiger partial charge in [-0.15, -0.1) is 0 Å². The highest BCUT2D eigenvalue weighted by molar-refractivity contribution is 5.70. The normalized spacial score (nSPS) is 37.6. The molecule has 2 N–H and O–H groups in total. The third-order valence-electron chi connectivity index (χ3n) is 4.16. The molecule has 94 valence electrons. The largest absolute Gasteiger partial charge is 0.481 e. The molecule has 0 radical (unpaired) electrons. The number of carboxylic acid groups (broad SMARTS) is 1. The van der Waals surface area contributed by atoms with Gasteiger partial charge >= 0.3 is 5.97 Å². The number of nitrogens with one attached hydrogen (secondary N) is 1. The van der Waals surface area contributed by atoms with Crippen LogP contribution in [0, 0.1) is 23.2 Å². The van der Waals surface area contributed by atoms with E-state index in [1.165, 1.54) is 0 Å². The van der Waals surface area contributed by atoms with E-state index in [-0.39, 0.29) is 17.9 Å². The van der Waals surface area contributed by atoms with Crippen LogP contribution in [0.1, 0.15) is 44.9 Å². The van der Waals surface area contributed by atoms with E-state index < -0.39 is 5.97 Å². The lowest BCUT2D eigenvalue weighted by Gasteiger charge is -2.30. The molecule has 0 aromatic rings. The van der Waals surface area contributed by atoms with E-state index in [0.717, 1.165) is 44.9 Å².